The molecule has 0 saturated heterocycles. The molecule has 160 valence electrons. The first-order valence-corrected chi connectivity index (χ1v) is 12.3. The lowest BCUT2D eigenvalue weighted by molar-refractivity contribution is 0.696. The summed E-state index contributed by atoms with van der Waals surface area (Å²) in [4.78, 5) is 6.17. The molecule has 0 aliphatic heterocycles. The van der Waals surface area contributed by atoms with Crippen molar-refractivity contribution in [1.29, 1.82) is 5.26 Å². The molecule has 1 aliphatic rings. The molecule has 2 heterocycles. The van der Waals surface area contributed by atoms with Crippen molar-refractivity contribution in [1.82, 2.24) is 4.57 Å². The summed E-state index contributed by atoms with van der Waals surface area (Å²) in [7, 11) is 0. The van der Waals surface area contributed by atoms with E-state index in [4.69, 9.17) is 4.99 Å². The van der Waals surface area contributed by atoms with Crippen molar-refractivity contribution in [2.24, 2.45) is 4.99 Å². The lowest BCUT2D eigenvalue weighted by Crippen LogP contribution is -1.99. The average molecular weight is 446 g/mol. The number of rotatable bonds is 4. The Balaban J connectivity index is 1.37. The quantitative estimate of drug-likeness (QED) is 0.266. The maximum atomic E-state index is 9.75. The van der Waals surface area contributed by atoms with Gasteiger partial charge in [-0.2, -0.15) is 5.26 Å². The molecule has 6 rings (SSSR count). The third-order valence-corrected chi connectivity index (χ3v) is 7.77. The van der Waals surface area contributed by atoms with Gasteiger partial charge in [0.15, 0.2) is 0 Å². The number of benzene rings is 3. The van der Waals surface area contributed by atoms with Gasteiger partial charge in [0.05, 0.1) is 5.56 Å². The van der Waals surface area contributed by atoms with Crippen LogP contribution in [0.25, 0.3) is 21.7 Å². The Kier molecular flexibility index (Phi) is 5.05. The number of nitriles is 1. The van der Waals surface area contributed by atoms with Crippen LogP contribution in [-0.2, 0) is 19.4 Å². The van der Waals surface area contributed by atoms with Gasteiger partial charge in [-0.15, -0.1) is 11.3 Å². The highest BCUT2D eigenvalue weighted by Gasteiger charge is 2.20. The number of aliphatic imine (C=N–C) groups is 1. The van der Waals surface area contributed by atoms with Crippen molar-refractivity contribution < 1.29 is 0 Å². The predicted octanol–water partition coefficient (Wildman–Crippen LogP) is 7.41. The van der Waals surface area contributed by atoms with Gasteiger partial charge in [0, 0.05) is 40.3 Å². The lowest BCUT2D eigenvalue weighted by atomic mass is 9.96. The van der Waals surface area contributed by atoms with Gasteiger partial charge in [0.1, 0.15) is 11.1 Å². The molecule has 0 spiro atoms. The van der Waals surface area contributed by atoms with E-state index >= 15 is 0 Å². The van der Waals surface area contributed by atoms with E-state index in [1.807, 2.05) is 6.21 Å². The molecule has 1 aliphatic carbocycles. The van der Waals surface area contributed by atoms with Gasteiger partial charge in [0.2, 0.25) is 0 Å². The van der Waals surface area contributed by atoms with Gasteiger partial charge < -0.3 is 4.57 Å². The Hall–Kier alpha value is -3.68. The third kappa shape index (κ3) is 3.65. The fourth-order valence-corrected chi connectivity index (χ4v) is 6.11. The molecule has 5 aromatic rings. The third-order valence-electron chi connectivity index (χ3n) is 6.57. The Bertz CT molecular complexity index is 1560. The van der Waals surface area contributed by atoms with E-state index in [0.29, 0.717) is 0 Å². The summed E-state index contributed by atoms with van der Waals surface area (Å²) in [5.74, 6) is 0. The standard InChI is InChI=1S/C29H23N3S/c30-16-26-25-10-4-6-12-28(25)33-29(26)31-17-23-19-32(27-11-5-3-9-24(23)27)18-20-13-14-21-7-1-2-8-22(21)15-20/h1-3,5,7-9,11,13-15,17,19H,4,6,10,12,18H2. The zero-order valence-electron chi connectivity index (χ0n) is 18.3. The van der Waals surface area contributed by atoms with Crippen LogP contribution in [0.4, 0.5) is 5.00 Å². The highest BCUT2D eigenvalue weighted by Crippen LogP contribution is 2.39. The van der Waals surface area contributed by atoms with Crippen molar-refractivity contribution in [3.63, 3.8) is 0 Å². The summed E-state index contributed by atoms with van der Waals surface area (Å²) in [6, 6.07) is 26.0. The molecule has 0 bridgehead atoms. The number of nitrogens with zero attached hydrogens (tertiary/aromatic N) is 3. The van der Waals surface area contributed by atoms with Crippen molar-refractivity contribution in [2.75, 3.05) is 0 Å². The van der Waals surface area contributed by atoms with Crippen LogP contribution in [0.15, 0.2) is 77.9 Å². The molecule has 0 N–H and O–H groups in total. The summed E-state index contributed by atoms with van der Waals surface area (Å²) < 4.78 is 2.30. The van der Waals surface area contributed by atoms with Crippen LogP contribution < -0.4 is 0 Å². The van der Waals surface area contributed by atoms with Gasteiger partial charge in [-0.05, 0) is 59.7 Å². The minimum Gasteiger partial charge on any atom is -0.342 e. The van der Waals surface area contributed by atoms with E-state index < -0.39 is 0 Å². The molecular formula is C29H23N3S. The van der Waals surface area contributed by atoms with Gasteiger partial charge in [-0.1, -0.05) is 54.6 Å². The first kappa shape index (κ1) is 20.0. The molecule has 33 heavy (non-hydrogen) atoms. The fraction of sp³-hybridized carbons (Fsp3) is 0.172. The van der Waals surface area contributed by atoms with Crippen LogP contribution in [0.3, 0.4) is 0 Å². The first-order valence-electron chi connectivity index (χ1n) is 11.4. The Morgan fingerprint density at radius 3 is 2.70 bits per heavy atom. The van der Waals surface area contributed by atoms with Crippen LogP contribution in [0.1, 0.15) is 40.0 Å². The summed E-state index contributed by atoms with van der Waals surface area (Å²) in [5.41, 5.74) is 5.57. The lowest BCUT2D eigenvalue weighted by Gasteiger charge is -2.09. The zero-order chi connectivity index (χ0) is 22.2. The largest absolute Gasteiger partial charge is 0.342 e. The molecule has 0 unspecified atom stereocenters. The molecule has 0 atom stereocenters. The molecule has 0 fully saturated rings. The predicted molar refractivity (Wildman–Crippen MR) is 138 cm³/mol. The Morgan fingerprint density at radius 1 is 0.970 bits per heavy atom. The second-order valence-electron chi connectivity index (χ2n) is 8.67. The molecular weight excluding hydrogens is 422 g/mol. The SMILES string of the molecule is N#Cc1c(N=Cc2cn(Cc3ccc4ccccc4c3)c3ccccc23)sc2c1CCCC2. The summed E-state index contributed by atoms with van der Waals surface area (Å²) in [6.07, 6.45) is 8.60. The average Bonchev–Trinajstić information content (AvgIpc) is 3.40. The van der Waals surface area contributed by atoms with Crippen LogP contribution in [0.5, 0.6) is 0 Å². The number of thiophene rings is 1. The summed E-state index contributed by atoms with van der Waals surface area (Å²) >= 11 is 1.69. The maximum Gasteiger partial charge on any atom is 0.134 e. The van der Waals surface area contributed by atoms with Crippen LogP contribution >= 0.6 is 11.3 Å². The molecule has 0 radical (unpaired) electrons. The van der Waals surface area contributed by atoms with E-state index in [9.17, 15) is 5.26 Å². The number of hydrogen-bond donors (Lipinski definition) is 0. The first-order chi connectivity index (χ1) is 16.3. The highest BCUT2D eigenvalue weighted by atomic mass is 32.1. The molecule has 3 aromatic carbocycles. The van der Waals surface area contributed by atoms with E-state index in [-0.39, 0.29) is 0 Å². The summed E-state index contributed by atoms with van der Waals surface area (Å²) in [6.45, 7) is 0.802. The van der Waals surface area contributed by atoms with Gasteiger partial charge in [0.25, 0.3) is 0 Å². The Morgan fingerprint density at radius 2 is 1.79 bits per heavy atom. The van der Waals surface area contributed by atoms with Crippen molar-refractivity contribution in [3.05, 3.63) is 100 Å². The molecule has 4 heteroatoms. The maximum absolute atomic E-state index is 9.75. The fourth-order valence-electron chi connectivity index (χ4n) is 4.93. The van der Waals surface area contributed by atoms with Crippen LogP contribution in [0.2, 0.25) is 0 Å². The minimum absolute atomic E-state index is 0.783. The number of para-hydroxylation sites is 1. The van der Waals surface area contributed by atoms with Crippen LogP contribution in [-0.4, -0.2) is 10.8 Å². The monoisotopic (exact) mass is 445 g/mol. The number of fused-ring (bicyclic) bond motifs is 3. The van der Waals surface area contributed by atoms with E-state index in [1.54, 1.807) is 11.3 Å². The van der Waals surface area contributed by atoms with Crippen molar-refractivity contribution in [3.8, 4) is 6.07 Å². The summed E-state index contributed by atoms with van der Waals surface area (Å²) in [5, 5.41) is 14.3. The van der Waals surface area contributed by atoms with Gasteiger partial charge in [-0.25, -0.2) is 4.99 Å². The van der Waals surface area contributed by atoms with E-state index in [2.05, 4.69) is 83.6 Å². The normalized spacial score (nSPS) is 13.5. The Labute approximate surface area is 197 Å². The van der Waals surface area contributed by atoms with E-state index in [1.165, 1.54) is 50.5 Å². The van der Waals surface area contributed by atoms with Gasteiger partial charge >= 0.3 is 0 Å². The van der Waals surface area contributed by atoms with Crippen molar-refractivity contribution in [2.45, 2.75) is 32.2 Å². The smallest absolute Gasteiger partial charge is 0.134 e. The molecule has 2 aromatic heterocycles. The van der Waals surface area contributed by atoms with E-state index in [0.717, 1.165) is 35.5 Å². The molecule has 3 nitrogen and oxygen atoms in total. The minimum atomic E-state index is 0.783. The second kappa shape index (κ2) is 8.35. The number of aromatic nitrogens is 1. The van der Waals surface area contributed by atoms with Crippen LogP contribution in [0, 0.1) is 11.3 Å². The zero-order valence-corrected chi connectivity index (χ0v) is 19.1. The molecule has 0 saturated carbocycles. The topological polar surface area (TPSA) is 41.1 Å². The molecule has 0 amide bonds. The van der Waals surface area contributed by atoms with Gasteiger partial charge in [-0.3, -0.25) is 0 Å². The number of aryl methyl sites for hydroxylation is 1. The van der Waals surface area contributed by atoms with Crippen molar-refractivity contribution >= 4 is 44.2 Å². The highest BCUT2D eigenvalue weighted by molar-refractivity contribution is 7.16. The number of hydrogen-bond acceptors (Lipinski definition) is 3. The second-order valence-corrected chi connectivity index (χ2v) is 9.76.